The third kappa shape index (κ3) is 2.99. The quantitative estimate of drug-likeness (QED) is 0.903. The highest BCUT2D eigenvalue weighted by atomic mass is 16.5. The van der Waals surface area contributed by atoms with Crippen LogP contribution in [0.3, 0.4) is 0 Å². The van der Waals surface area contributed by atoms with Gasteiger partial charge in [-0.2, -0.15) is 0 Å². The molecular weight excluding hydrogens is 236 g/mol. The molecule has 0 spiro atoms. The maximum Gasteiger partial charge on any atom is 0.0721 e. The van der Waals surface area contributed by atoms with E-state index in [2.05, 4.69) is 41.5 Å². The molecule has 2 unspecified atom stereocenters. The molecule has 0 aliphatic carbocycles. The van der Waals surface area contributed by atoms with Gasteiger partial charge in [-0.15, -0.1) is 0 Å². The van der Waals surface area contributed by atoms with E-state index in [1.807, 2.05) is 0 Å². The van der Waals surface area contributed by atoms with Crippen molar-refractivity contribution < 1.29 is 4.74 Å². The fraction of sp³-hybridized carbons (Fsp3) is 0.625. The predicted molar refractivity (Wildman–Crippen MR) is 77.1 cm³/mol. The highest BCUT2D eigenvalue weighted by Crippen LogP contribution is 2.29. The van der Waals surface area contributed by atoms with Crippen molar-refractivity contribution in [3.63, 3.8) is 0 Å². The number of nitrogens with one attached hydrogen (secondary N) is 1. The molecule has 3 nitrogen and oxygen atoms in total. The highest BCUT2D eigenvalue weighted by molar-refractivity contribution is 5.31. The first-order valence-electron chi connectivity index (χ1n) is 7.44. The lowest BCUT2D eigenvalue weighted by molar-refractivity contribution is 0.0378. The monoisotopic (exact) mass is 260 g/mol. The van der Waals surface area contributed by atoms with Gasteiger partial charge in [-0.3, -0.25) is 4.90 Å². The summed E-state index contributed by atoms with van der Waals surface area (Å²) in [6.45, 7) is 3.88. The fourth-order valence-corrected chi connectivity index (χ4v) is 3.28. The first-order chi connectivity index (χ1) is 9.34. The number of ether oxygens (including phenoxy) is 1. The standard InChI is InChI=1S/C16H24N2O/c1-18(10-14-7-4-5-9-17-14)16-12-19-11-13-6-2-3-8-15(13)16/h2-3,6,8,14,16-17H,4-5,7,9-12H2,1H3. The number of piperidine rings is 1. The van der Waals surface area contributed by atoms with E-state index in [-0.39, 0.29) is 0 Å². The van der Waals surface area contributed by atoms with Gasteiger partial charge in [0.15, 0.2) is 0 Å². The predicted octanol–water partition coefficient (Wildman–Crippen LogP) is 2.33. The van der Waals surface area contributed by atoms with E-state index >= 15 is 0 Å². The van der Waals surface area contributed by atoms with Crippen LogP contribution in [0.1, 0.15) is 36.4 Å². The lowest BCUT2D eigenvalue weighted by Crippen LogP contribution is -2.44. The van der Waals surface area contributed by atoms with Gasteiger partial charge in [0, 0.05) is 12.6 Å². The summed E-state index contributed by atoms with van der Waals surface area (Å²) in [6.07, 6.45) is 4.00. The van der Waals surface area contributed by atoms with Gasteiger partial charge in [0.25, 0.3) is 0 Å². The van der Waals surface area contributed by atoms with Gasteiger partial charge in [0.1, 0.15) is 0 Å². The van der Waals surface area contributed by atoms with Crippen LogP contribution in [-0.4, -0.2) is 37.7 Å². The Morgan fingerprint density at radius 2 is 2.21 bits per heavy atom. The van der Waals surface area contributed by atoms with Crippen LogP contribution < -0.4 is 5.32 Å². The van der Waals surface area contributed by atoms with E-state index in [1.54, 1.807) is 0 Å². The van der Waals surface area contributed by atoms with Gasteiger partial charge < -0.3 is 10.1 Å². The average Bonchev–Trinajstić information content (AvgIpc) is 2.47. The van der Waals surface area contributed by atoms with Crippen molar-refractivity contribution in [1.82, 2.24) is 10.2 Å². The lowest BCUT2D eigenvalue weighted by Gasteiger charge is -2.36. The summed E-state index contributed by atoms with van der Waals surface area (Å²) in [4.78, 5) is 2.46. The second-order valence-electron chi connectivity index (χ2n) is 5.82. The Morgan fingerprint density at radius 1 is 1.32 bits per heavy atom. The van der Waals surface area contributed by atoms with Gasteiger partial charge in [-0.05, 0) is 37.6 Å². The van der Waals surface area contributed by atoms with Crippen LogP contribution in [0.5, 0.6) is 0 Å². The van der Waals surface area contributed by atoms with E-state index in [0.717, 1.165) is 19.8 Å². The van der Waals surface area contributed by atoms with Crippen molar-refractivity contribution in [2.45, 2.75) is 38.0 Å². The van der Waals surface area contributed by atoms with Gasteiger partial charge in [0.2, 0.25) is 0 Å². The number of hydrogen-bond acceptors (Lipinski definition) is 3. The summed E-state index contributed by atoms with van der Waals surface area (Å²) in [5.41, 5.74) is 2.80. The molecule has 3 heteroatoms. The Kier molecular flexibility index (Phi) is 4.16. The van der Waals surface area contributed by atoms with E-state index in [0.29, 0.717) is 12.1 Å². The second-order valence-corrected chi connectivity index (χ2v) is 5.82. The Hall–Kier alpha value is -0.900. The minimum absolute atomic E-state index is 0.411. The maximum absolute atomic E-state index is 5.76. The van der Waals surface area contributed by atoms with E-state index in [4.69, 9.17) is 4.74 Å². The molecule has 2 heterocycles. The number of likely N-dealkylation sites (N-methyl/N-ethyl adjacent to an activating group) is 1. The number of hydrogen-bond donors (Lipinski definition) is 1. The molecular formula is C16H24N2O. The number of fused-ring (bicyclic) bond motifs is 1. The van der Waals surface area contributed by atoms with Gasteiger partial charge in [-0.25, -0.2) is 0 Å². The minimum Gasteiger partial charge on any atom is -0.375 e. The molecule has 104 valence electrons. The summed E-state index contributed by atoms with van der Waals surface area (Å²) in [5, 5.41) is 3.63. The van der Waals surface area contributed by atoms with Crippen LogP contribution in [0.25, 0.3) is 0 Å². The van der Waals surface area contributed by atoms with Crippen molar-refractivity contribution in [2.24, 2.45) is 0 Å². The van der Waals surface area contributed by atoms with E-state index < -0.39 is 0 Å². The number of rotatable bonds is 3. The molecule has 3 rings (SSSR count). The maximum atomic E-state index is 5.76. The smallest absolute Gasteiger partial charge is 0.0721 e. The van der Waals surface area contributed by atoms with Gasteiger partial charge >= 0.3 is 0 Å². The van der Waals surface area contributed by atoms with Crippen molar-refractivity contribution in [3.05, 3.63) is 35.4 Å². The topological polar surface area (TPSA) is 24.5 Å². The lowest BCUT2D eigenvalue weighted by atomic mass is 9.97. The average molecular weight is 260 g/mol. The van der Waals surface area contributed by atoms with Gasteiger partial charge in [0.05, 0.1) is 19.3 Å². The molecule has 0 bridgehead atoms. The summed E-state index contributed by atoms with van der Waals surface area (Å²) in [6, 6.07) is 9.75. The van der Waals surface area contributed by atoms with Crippen LogP contribution in [0.4, 0.5) is 0 Å². The SMILES string of the molecule is CN(CC1CCCCN1)C1COCc2ccccc21. The highest BCUT2D eigenvalue weighted by Gasteiger charge is 2.26. The zero-order chi connectivity index (χ0) is 13.1. The first-order valence-corrected chi connectivity index (χ1v) is 7.44. The summed E-state index contributed by atoms with van der Waals surface area (Å²) >= 11 is 0. The molecule has 0 aromatic heterocycles. The van der Waals surface area contributed by atoms with Crippen LogP contribution in [-0.2, 0) is 11.3 Å². The molecule has 1 fully saturated rings. The van der Waals surface area contributed by atoms with Crippen LogP contribution in [0.2, 0.25) is 0 Å². The number of nitrogens with zero attached hydrogens (tertiary/aromatic N) is 1. The molecule has 19 heavy (non-hydrogen) atoms. The molecule has 0 radical (unpaired) electrons. The molecule has 2 aliphatic rings. The zero-order valence-electron chi connectivity index (χ0n) is 11.8. The molecule has 0 saturated carbocycles. The van der Waals surface area contributed by atoms with Crippen molar-refractivity contribution in [1.29, 1.82) is 0 Å². The van der Waals surface area contributed by atoms with Crippen LogP contribution in [0, 0.1) is 0 Å². The fourth-order valence-electron chi connectivity index (χ4n) is 3.28. The van der Waals surface area contributed by atoms with Crippen molar-refractivity contribution in [3.8, 4) is 0 Å². The van der Waals surface area contributed by atoms with Crippen molar-refractivity contribution >= 4 is 0 Å². The molecule has 2 aliphatic heterocycles. The Morgan fingerprint density at radius 3 is 3.05 bits per heavy atom. The Labute approximate surface area is 115 Å². The van der Waals surface area contributed by atoms with Gasteiger partial charge in [-0.1, -0.05) is 30.7 Å². The summed E-state index contributed by atoms with van der Waals surface area (Å²) in [5.74, 6) is 0. The molecule has 1 aromatic carbocycles. The first kappa shape index (κ1) is 13.1. The molecule has 1 aromatic rings. The molecule has 2 atom stereocenters. The van der Waals surface area contributed by atoms with Crippen LogP contribution >= 0.6 is 0 Å². The number of benzene rings is 1. The minimum atomic E-state index is 0.411. The Bertz CT molecular complexity index is 415. The molecule has 1 saturated heterocycles. The second kappa shape index (κ2) is 6.04. The van der Waals surface area contributed by atoms with E-state index in [9.17, 15) is 0 Å². The molecule has 1 N–H and O–H groups in total. The normalized spacial score (nSPS) is 27.3. The largest absolute Gasteiger partial charge is 0.375 e. The zero-order valence-corrected chi connectivity index (χ0v) is 11.8. The Balaban J connectivity index is 1.68. The van der Waals surface area contributed by atoms with Crippen LogP contribution in [0.15, 0.2) is 24.3 Å². The van der Waals surface area contributed by atoms with E-state index in [1.165, 1.54) is 36.9 Å². The molecule has 0 amide bonds. The third-order valence-electron chi connectivity index (χ3n) is 4.40. The summed E-state index contributed by atoms with van der Waals surface area (Å²) < 4.78 is 5.76. The third-order valence-corrected chi connectivity index (χ3v) is 4.40. The van der Waals surface area contributed by atoms with Crippen molar-refractivity contribution in [2.75, 3.05) is 26.7 Å². The summed E-state index contributed by atoms with van der Waals surface area (Å²) in [7, 11) is 2.23.